The van der Waals surface area contributed by atoms with Gasteiger partial charge in [-0.1, -0.05) is 6.07 Å². The Morgan fingerprint density at radius 1 is 1.36 bits per heavy atom. The van der Waals surface area contributed by atoms with Crippen LogP contribution >= 0.6 is 0 Å². The van der Waals surface area contributed by atoms with Crippen LogP contribution in [0.5, 0.6) is 5.75 Å². The summed E-state index contributed by atoms with van der Waals surface area (Å²) >= 11 is 0. The molecule has 2 atom stereocenters. The lowest BCUT2D eigenvalue weighted by Crippen LogP contribution is -2.36. The molecule has 22 heavy (non-hydrogen) atoms. The maximum Gasteiger partial charge on any atom is 0.573 e. The van der Waals surface area contributed by atoms with Crippen LogP contribution < -0.4 is 10.1 Å². The van der Waals surface area contributed by atoms with E-state index in [1.54, 1.807) is 0 Å². The first-order valence-corrected chi connectivity index (χ1v) is 6.70. The van der Waals surface area contributed by atoms with Gasteiger partial charge >= 0.3 is 12.3 Å². The lowest BCUT2D eigenvalue weighted by molar-refractivity contribution is -0.274. The quantitative estimate of drug-likeness (QED) is 0.686. The maximum absolute atomic E-state index is 14.0. The van der Waals surface area contributed by atoms with Gasteiger partial charge in [0.25, 0.3) is 0 Å². The van der Waals surface area contributed by atoms with Gasteiger partial charge in [-0.15, -0.1) is 13.2 Å². The molecule has 0 aliphatic carbocycles. The third-order valence-corrected chi connectivity index (χ3v) is 3.27. The molecule has 2 unspecified atom stereocenters. The molecule has 4 nitrogen and oxygen atoms in total. The van der Waals surface area contributed by atoms with Crippen LogP contribution in [0.15, 0.2) is 18.2 Å². The van der Waals surface area contributed by atoms with Crippen molar-refractivity contribution in [2.45, 2.75) is 38.3 Å². The maximum atomic E-state index is 14.0. The SMILES string of the molecule is CC(=O)OC1CCNC(c2ccc(OC(F)(F)F)cc2F)C1. The second-order valence-electron chi connectivity index (χ2n) is 4.99. The summed E-state index contributed by atoms with van der Waals surface area (Å²) < 4.78 is 59.1. The van der Waals surface area contributed by atoms with E-state index < -0.39 is 29.9 Å². The second kappa shape index (κ2) is 6.51. The zero-order chi connectivity index (χ0) is 16.3. The molecule has 0 saturated carbocycles. The average molecular weight is 321 g/mol. The Morgan fingerprint density at radius 3 is 2.68 bits per heavy atom. The topological polar surface area (TPSA) is 47.6 Å². The van der Waals surface area contributed by atoms with Gasteiger partial charge in [0.15, 0.2) is 0 Å². The monoisotopic (exact) mass is 321 g/mol. The molecule has 1 heterocycles. The summed E-state index contributed by atoms with van der Waals surface area (Å²) in [5, 5.41) is 3.05. The van der Waals surface area contributed by atoms with E-state index in [0.29, 0.717) is 25.5 Å². The van der Waals surface area contributed by atoms with Crippen molar-refractivity contribution in [2.75, 3.05) is 6.54 Å². The van der Waals surface area contributed by atoms with E-state index in [2.05, 4.69) is 10.1 Å². The zero-order valence-electron chi connectivity index (χ0n) is 11.7. The van der Waals surface area contributed by atoms with Crippen LogP contribution in [0.3, 0.4) is 0 Å². The second-order valence-corrected chi connectivity index (χ2v) is 4.99. The van der Waals surface area contributed by atoms with E-state index in [1.807, 2.05) is 0 Å². The summed E-state index contributed by atoms with van der Waals surface area (Å²) in [4.78, 5) is 11.0. The molecular weight excluding hydrogens is 306 g/mol. The van der Waals surface area contributed by atoms with Crippen LogP contribution in [-0.2, 0) is 9.53 Å². The van der Waals surface area contributed by atoms with Gasteiger partial charge in [-0.3, -0.25) is 4.79 Å². The van der Waals surface area contributed by atoms with E-state index in [0.717, 1.165) is 6.07 Å². The summed E-state index contributed by atoms with van der Waals surface area (Å²) in [7, 11) is 0. The van der Waals surface area contributed by atoms with Gasteiger partial charge in [0, 0.05) is 31.0 Å². The zero-order valence-corrected chi connectivity index (χ0v) is 11.7. The number of rotatable bonds is 3. The minimum absolute atomic E-state index is 0.214. The van der Waals surface area contributed by atoms with Crippen molar-refractivity contribution < 1.29 is 31.8 Å². The smallest absolute Gasteiger partial charge is 0.462 e. The fourth-order valence-electron chi connectivity index (χ4n) is 2.45. The predicted molar refractivity (Wildman–Crippen MR) is 68.6 cm³/mol. The molecule has 1 saturated heterocycles. The number of carbonyl (C=O) groups is 1. The van der Waals surface area contributed by atoms with Crippen LogP contribution in [-0.4, -0.2) is 25.0 Å². The van der Waals surface area contributed by atoms with Gasteiger partial charge in [0.1, 0.15) is 17.7 Å². The van der Waals surface area contributed by atoms with Crippen LogP contribution in [0.25, 0.3) is 0 Å². The molecule has 1 aliphatic heterocycles. The first-order valence-electron chi connectivity index (χ1n) is 6.70. The molecule has 8 heteroatoms. The van der Waals surface area contributed by atoms with E-state index >= 15 is 0 Å². The number of piperidine rings is 1. The van der Waals surface area contributed by atoms with Gasteiger partial charge in [-0.2, -0.15) is 0 Å². The summed E-state index contributed by atoms with van der Waals surface area (Å²) in [6.07, 6.45) is -4.24. The largest absolute Gasteiger partial charge is 0.573 e. The van der Waals surface area contributed by atoms with Crippen molar-refractivity contribution in [2.24, 2.45) is 0 Å². The third kappa shape index (κ3) is 4.59. The molecule has 1 aromatic rings. The fraction of sp³-hybridized carbons (Fsp3) is 0.500. The molecule has 0 radical (unpaired) electrons. The lowest BCUT2D eigenvalue weighted by Gasteiger charge is -2.30. The van der Waals surface area contributed by atoms with Gasteiger partial charge < -0.3 is 14.8 Å². The number of esters is 1. The van der Waals surface area contributed by atoms with E-state index in [-0.39, 0.29) is 11.7 Å². The average Bonchev–Trinajstić information content (AvgIpc) is 2.36. The Kier molecular flexibility index (Phi) is 4.90. The van der Waals surface area contributed by atoms with Crippen molar-refractivity contribution in [3.63, 3.8) is 0 Å². The molecule has 0 bridgehead atoms. The normalized spacial score (nSPS) is 22.2. The fourth-order valence-corrected chi connectivity index (χ4v) is 2.45. The van der Waals surface area contributed by atoms with Crippen molar-refractivity contribution in [1.82, 2.24) is 5.32 Å². The highest BCUT2D eigenvalue weighted by Crippen LogP contribution is 2.30. The molecule has 1 aromatic carbocycles. The Labute approximate surface area is 124 Å². The molecule has 0 spiro atoms. The van der Waals surface area contributed by atoms with Crippen molar-refractivity contribution in [3.8, 4) is 5.75 Å². The summed E-state index contributed by atoms with van der Waals surface area (Å²) in [6, 6.07) is 2.56. The third-order valence-electron chi connectivity index (χ3n) is 3.27. The van der Waals surface area contributed by atoms with Crippen molar-refractivity contribution in [3.05, 3.63) is 29.6 Å². The summed E-state index contributed by atoms with van der Waals surface area (Å²) in [5.74, 6) is -1.83. The molecule has 1 N–H and O–H groups in total. The number of halogens is 4. The van der Waals surface area contributed by atoms with Crippen molar-refractivity contribution in [1.29, 1.82) is 0 Å². The molecular formula is C14H15F4NO3. The first-order chi connectivity index (χ1) is 10.2. The van der Waals surface area contributed by atoms with Crippen LogP contribution in [0.4, 0.5) is 17.6 Å². The predicted octanol–water partition coefficient (Wildman–Crippen LogP) is 3.08. The lowest BCUT2D eigenvalue weighted by atomic mass is 9.95. The van der Waals surface area contributed by atoms with Gasteiger partial charge in [-0.25, -0.2) is 4.39 Å². The summed E-state index contributed by atoms with van der Waals surface area (Å²) in [6.45, 7) is 1.81. The summed E-state index contributed by atoms with van der Waals surface area (Å²) in [5.41, 5.74) is 0.214. The molecule has 1 aliphatic rings. The highest BCUT2D eigenvalue weighted by molar-refractivity contribution is 5.66. The number of benzene rings is 1. The van der Waals surface area contributed by atoms with Crippen LogP contribution in [0, 0.1) is 5.82 Å². The van der Waals surface area contributed by atoms with Gasteiger partial charge in [-0.05, 0) is 19.0 Å². The Hall–Kier alpha value is -1.83. The van der Waals surface area contributed by atoms with Gasteiger partial charge in [0.05, 0.1) is 0 Å². The Morgan fingerprint density at radius 2 is 2.09 bits per heavy atom. The standard InChI is InChI=1S/C14H15F4NO3/c1-8(20)21-9-4-5-19-13(7-9)11-3-2-10(6-12(11)15)22-14(16,17)18/h2-3,6,9,13,19H,4-5,7H2,1H3. The highest BCUT2D eigenvalue weighted by Gasteiger charge is 2.32. The van der Waals surface area contributed by atoms with Crippen molar-refractivity contribution >= 4 is 5.97 Å². The first kappa shape index (κ1) is 16.5. The number of hydrogen-bond donors (Lipinski definition) is 1. The number of nitrogens with one attached hydrogen (secondary N) is 1. The van der Waals surface area contributed by atoms with E-state index in [9.17, 15) is 22.4 Å². The Balaban J connectivity index is 2.10. The molecule has 1 fully saturated rings. The minimum atomic E-state index is -4.86. The molecule has 2 rings (SSSR count). The number of hydrogen-bond acceptors (Lipinski definition) is 4. The van der Waals surface area contributed by atoms with Gasteiger partial charge in [0.2, 0.25) is 0 Å². The number of ether oxygens (including phenoxy) is 2. The Bertz CT molecular complexity index is 547. The van der Waals surface area contributed by atoms with Crippen LogP contribution in [0.2, 0.25) is 0 Å². The molecule has 0 aromatic heterocycles. The highest BCUT2D eigenvalue weighted by atomic mass is 19.4. The van der Waals surface area contributed by atoms with Crippen LogP contribution in [0.1, 0.15) is 31.4 Å². The number of carbonyl (C=O) groups excluding carboxylic acids is 1. The molecule has 122 valence electrons. The van der Waals surface area contributed by atoms with E-state index in [1.165, 1.54) is 13.0 Å². The minimum Gasteiger partial charge on any atom is -0.462 e. The molecule has 0 amide bonds. The van der Waals surface area contributed by atoms with E-state index in [4.69, 9.17) is 4.74 Å². The number of alkyl halides is 3.